The maximum atomic E-state index is 15.0. The molecule has 0 atom stereocenters. The molecule has 2 N–H and O–H groups in total. The predicted molar refractivity (Wildman–Crippen MR) is 113 cm³/mol. The van der Waals surface area contributed by atoms with Crippen molar-refractivity contribution in [3.8, 4) is 11.3 Å². The molecule has 1 aliphatic rings. The van der Waals surface area contributed by atoms with Gasteiger partial charge in [-0.1, -0.05) is 30.9 Å². The summed E-state index contributed by atoms with van der Waals surface area (Å²) >= 11 is 6.27. The second kappa shape index (κ2) is 8.68. The molecule has 1 saturated carbocycles. The first-order valence-electron chi connectivity index (χ1n) is 9.61. The van der Waals surface area contributed by atoms with E-state index in [-0.39, 0.29) is 28.3 Å². The highest BCUT2D eigenvalue weighted by molar-refractivity contribution is 6.36. The number of nitrogens with one attached hydrogen (secondary N) is 2. The van der Waals surface area contributed by atoms with E-state index in [0.717, 1.165) is 0 Å². The van der Waals surface area contributed by atoms with Crippen molar-refractivity contribution < 1.29 is 18.7 Å². The molecule has 0 radical (unpaired) electrons. The van der Waals surface area contributed by atoms with Gasteiger partial charge in [-0.15, -0.1) is 0 Å². The number of imidazole rings is 1. The Hall–Kier alpha value is -3.53. The van der Waals surface area contributed by atoms with Crippen LogP contribution >= 0.6 is 11.6 Å². The van der Waals surface area contributed by atoms with Crippen LogP contribution < -0.4 is 5.32 Å². The van der Waals surface area contributed by atoms with Crippen molar-refractivity contribution >= 4 is 46.3 Å². The van der Waals surface area contributed by atoms with E-state index in [1.54, 1.807) is 23.7 Å². The number of carbonyl (C=O) groups excluding carboxylic acids is 2. The van der Waals surface area contributed by atoms with Crippen LogP contribution in [0.4, 0.5) is 10.2 Å². The van der Waals surface area contributed by atoms with Crippen LogP contribution in [-0.4, -0.2) is 43.6 Å². The molecule has 5 rings (SSSR count). The number of amides is 1. The van der Waals surface area contributed by atoms with Gasteiger partial charge in [-0.2, -0.15) is 5.10 Å². The fourth-order valence-corrected chi connectivity index (χ4v) is 3.21. The van der Waals surface area contributed by atoms with Crippen LogP contribution in [0, 0.1) is 5.82 Å². The summed E-state index contributed by atoms with van der Waals surface area (Å²) in [5.41, 5.74) is 0.900. The largest absolute Gasteiger partial charge is 0.462 e. The zero-order valence-electron chi connectivity index (χ0n) is 16.5. The molecule has 9 nitrogen and oxygen atoms in total. The molecule has 11 heteroatoms. The first kappa shape index (κ1) is 20.7. The third kappa shape index (κ3) is 4.06. The van der Waals surface area contributed by atoms with Gasteiger partial charge < -0.3 is 14.5 Å². The zero-order valence-corrected chi connectivity index (χ0v) is 17.2. The molecular weight excluding hydrogens is 427 g/mol. The van der Waals surface area contributed by atoms with Crippen LogP contribution in [0.1, 0.15) is 36.5 Å². The smallest absolute Gasteiger partial charge is 0.343 e. The molecule has 3 aromatic heterocycles. The van der Waals surface area contributed by atoms with E-state index in [1.165, 1.54) is 31.7 Å². The number of carbonyl (C=O) groups is 2. The molecule has 0 unspecified atom stereocenters. The molecule has 0 bridgehead atoms. The molecule has 1 fully saturated rings. The van der Waals surface area contributed by atoms with E-state index in [4.69, 9.17) is 16.3 Å². The molecule has 31 heavy (non-hydrogen) atoms. The van der Waals surface area contributed by atoms with E-state index in [9.17, 15) is 14.0 Å². The Balaban J connectivity index is 0.000000710. The van der Waals surface area contributed by atoms with Crippen LogP contribution in [0.25, 0.3) is 27.8 Å². The number of fused-ring (bicyclic) bond motifs is 2. The zero-order chi connectivity index (χ0) is 22.0. The Kier molecular flexibility index (Phi) is 5.81. The van der Waals surface area contributed by atoms with Crippen molar-refractivity contribution in [3.05, 3.63) is 41.2 Å². The molecule has 3 heterocycles. The highest BCUT2D eigenvalue weighted by Crippen LogP contribution is 2.38. The molecule has 1 aromatic carbocycles. The summed E-state index contributed by atoms with van der Waals surface area (Å²) < 4.78 is 21.5. The molecule has 1 aliphatic carbocycles. The van der Waals surface area contributed by atoms with E-state index in [2.05, 4.69) is 25.5 Å². The lowest BCUT2D eigenvalue weighted by molar-refractivity contribution is -0.105. The molecular formula is C20H18ClFN6O3. The lowest BCUT2D eigenvalue weighted by atomic mass is 10.0. The average Bonchev–Trinajstić information content (AvgIpc) is 3.47. The van der Waals surface area contributed by atoms with Crippen molar-refractivity contribution in [2.45, 2.75) is 26.2 Å². The third-order valence-corrected chi connectivity index (χ3v) is 4.78. The van der Waals surface area contributed by atoms with Crippen LogP contribution in [-0.2, 0) is 9.53 Å². The number of nitrogens with zero attached hydrogens (tertiary/aromatic N) is 4. The van der Waals surface area contributed by atoms with Gasteiger partial charge in [0.2, 0.25) is 6.41 Å². The lowest BCUT2D eigenvalue weighted by Gasteiger charge is -2.11. The van der Waals surface area contributed by atoms with Gasteiger partial charge in [0, 0.05) is 17.1 Å². The van der Waals surface area contributed by atoms with Crippen molar-refractivity contribution in [1.29, 1.82) is 0 Å². The highest BCUT2D eigenvalue weighted by atomic mass is 35.5. The van der Waals surface area contributed by atoms with Crippen LogP contribution in [0.5, 0.6) is 0 Å². The van der Waals surface area contributed by atoms with E-state index >= 15 is 0 Å². The van der Waals surface area contributed by atoms with Crippen LogP contribution in [0.15, 0.2) is 24.8 Å². The van der Waals surface area contributed by atoms with E-state index < -0.39 is 11.8 Å². The lowest BCUT2D eigenvalue weighted by Crippen LogP contribution is -2.09. The summed E-state index contributed by atoms with van der Waals surface area (Å²) in [4.78, 5) is 31.2. The van der Waals surface area contributed by atoms with Gasteiger partial charge >= 0.3 is 5.97 Å². The van der Waals surface area contributed by atoms with Crippen LogP contribution in [0.2, 0.25) is 5.02 Å². The number of esters is 1. The van der Waals surface area contributed by atoms with Gasteiger partial charge in [-0.3, -0.25) is 14.9 Å². The normalized spacial score (nSPS) is 12.4. The van der Waals surface area contributed by atoms with Crippen molar-refractivity contribution in [3.63, 3.8) is 0 Å². The third-order valence-electron chi connectivity index (χ3n) is 4.43. The maximum Gasteiger partial charge on any atom is 0.343 e. The van der Waals surface area contributed by atoms with Gasteiger partial charge in [0.05, 0.1) is 41.4 Å². The Labute approximate surface area is 180 Å². The monoisotopic (exact) mass is 444 g/mol. The fraction of sp³-hybridized carbons (Fsp3) is 0.250. The number of hydrogen-bond acceptors (Lipinski definition) is 6. The van der Waals surface area contributed by atoms with Crippen molar-refractivity contribution in [2.75, 3.05) is 11.9 Å². The average molecular weight is 445 g/mol. The van der Waals surface area contributed by atoms with Gasteiger partial charge in [0.1, 0.15) is 5.56 Å². The topological polar surface area (TPSA) is 114 Å². The molecule has 0 spiro atoms. The molecule has 0 saturated heterocycles. The number of anilines is 1. The number of aromatic nitrogens is 5. The number of ether oxygens (including phenoxy) is 1. The first-order valence-corrected chi connectivity index (χ1v) is 9.99. The van der Waals surface area contributed by atoms with Crippen molar-refractivity contribution in [1.82, 2.24) is 24.6 Å². The molecule has 4 aromatic rings. The summed E-state index contributed by atoms with van der Waals surface area (Å²) in [6.07, 6.45) is 11.0. The summed E-state index contributed by atoms with van der Waals surface area (Å²) in [5.74, 6) is -1.44. The minimum Gasteiger partial charge on any atom is -0.462 e. The summed E-state index contributed by atoms with van der Waals surface area (Å²) in [6, 6.07) is 0. The number of halogens is 2. The number of benzene rings is 1. The number of hydrogen-bond donors (Lipinski definition) is 2. The summed E-state index contributed by atoms with van der Waals surface area (Å²) in [5, 5.41) is 9.10. The Bertz CT molecular complexity index is 1280. The number of aromatic amines is 1. The van der Waals surface area contributed by atoms with Crippen LogP contribution in [0.3, 0.4) is 0 Å². The number of H-pyrrole nitrogens is 1. The van der Waals surface area contributed by atoms with Gasteiger partial charge in [0.15, 0.2) is 17.3 Å². The maximum absolute atomic E-state index is 15.0. The second-order valence-corrected chi connectivity index (χ2v) is 7.12. The Morgan fingerprint density at radius 2 is 2.13 bits per heavy atom. The van der Waals surface area contributed by atoms with Gasteiger partial charge in [-0.05, 0) is 6.92 Å². The van der Waals surface area contributed by atoms with E-state index in [0.29, 0.717) is 29.0 Å². The van der Waals surface area contributed by atoms with Gasteiger partial charge in [-0.25, -0.2) is 14.2 Å². The Morgan fingerprint density at radius 1 is 1.35 bits per heavy atom. The first-order chi connectivity index (χ1) is 15.0. The minimum absolute atomic E-state index is 0.0866. The SMILES string of the molecule is C1CC1.CCOC(=O)c1c(F)c(Cl)c(-c2cn3cc(NC=O)nc3cn2)c2cn[nH]c12. The fourth-order valence-electron chi connectivity index (χ4n) is 2.92. The molecule has 0 aliphatic heterocycles. The van der Waals surface area contributed by atoms with E-state index in [1.807, 2.05) is 0 Å². The minimum atomic E-state index is -0.928. The Morgan fingerprint density at radius 3 is 2.81 bits per heavy atom. The summed E-state index contributed by atoms with van der Waals surface area (Å²) in [6.45, 7) is 1.71. The molecule has 160 valence electrons. The standard InChI is InChI=1S/C17H12ClFN6O3.C3H6/c1-2-28-17(27)13-15(19)14(18)12(8-3-22-24-16(8)13)9-5-25-6-10(21-7-26)23-11(25)4-20-9;1-2-3-1/h3-7H,2H2,1H3,(H,21,26)(H,22,24);1-3H2. The van der Waals surface area contributed by atoms with Crippen molar-refractivity contribution in [2.24, 2.45) is 0 Å². The predicted octanol–water partition coefficient (Wildman–Crippen LogP) is 3.98. The number of rotatable bonds is 5. The summed E-state index contributed by atoms with van der Waals surface area (Å²) in [7, 11) is 0. The van der Waals surface area contributed by atoms with Gasteiger partial charge in [0.25, 0.3) is 0 Å². The highest BCUT2D eigenvalue weighted by Gasteiger charge is 2.26. The quantitative estimate of drug-likeness (QED) is 0.355. The second-order valence-electron chi connectivity index (χ2n) is 6.74. The molecule has 1 amide bonds.